The van der Waals surface area contributed by atoms with Crippen molar-refractivity contribution in [1.82, 2.24) is 0 Å². The van der Waals surface area contributed by atoms with Crippen molar-refractivity contribution in [2.75, 3.05) is 13.2 Å². The lowest BCUT2D eigenvalue weighted by molar-refractivity contribution is 0.00544. The molecule has 0 saturated heterocycles. The number of para-hydroxylation sites is 1. The Balaban J connectivity index is 1.73. The van der Waals surface area contributed by atoms with Crippen LogP contribution in [0.2, 0.25) is 0 Å². The zero-order chi connectivity index (χ0) is 14.9. The number of aliphatic hydroxyl groups excluding tert-OH is 1. The summed E-state index contributed by atoms with van der Waals surface area (Å²) >= 11 is 0. The van der Waals surface area contributed by atoms with Crippen molar-refractivity contribution < 1.29 is 14.6 Å². The first-order valence-electron chi connectivity index (χ1n) is 6.71. The quantitative estimate of drug-likeness (QED) is 0.848. The van der Waals surface area contributed by atoms with Gasteiger partial charge in [0.15, 0.2) is 0 Å². The molecule has 21 heavy (non-hydrogen) atoms. The molecule has 0 bridgehead atoms. The Morgan fingerprint density at radius 2 is 1.71 bits per heavy atom. The van der Waals surface area contributed by atoms with Crippen LogP contribution in [0.25, 0.3) is 0 Å². The second kappa shape index (κ2) is 8.05. The molecule has 4 heteroatoms. The number of nitrogens with zero attached hydrogens (tertiary/aromatic N) is 1. The van der Waals surface area contributed by atoms with Crippen LogP contribution in [0.1, 0.15) is 11.1 Å². The van der Waals surface area contributed by atoms with Gasteiger partial charge in [-0.05, 0) is 17.7 Å². The number of ether oxygens (including phenoxy) is 2. The first-order valence-corrected chi connectivity index (χ1v) is 6.71. The fraction of sp³-hybridized carbons (Fsp3) is 0.235. The van der Waals surface area contributed by atoms with E-state index in [-0.39, 0.29) is 13.2 Å². The van der Waals surface area contributed by atoms with Gasteiger partial charge in [-0.1, -0.05) is 42.5 Å². The molecule has 0 aliphatic carbocycles. The SMILES string of the molecule is N#Cc1ccccc1OCC(O)COCc1ccccc1. The Morgan fingerprint density at radius 1 is 1.00 bits per heavy atom. The van der Waals surface area contributed by atoms with Gasteiger partial charge in [0.1, 0.15) is 24.5 Å². The Bertz CT molecular complexity index is 592. The Morgan fingerprint density at radius 3 is 2.48 bits per heavy atom. The number of benzene rings is 2. The molecule has 108 valence electrons. The lowest BCUT2D eigenvalue weighted by Crippen LogP contribution is -2.23. The minimum Gasteiger partial charge on any atom is -0.489 e. The van der Waals surface area contributed by atoms with Crippen LogP contribution < -0.4 is 4.74 Å². The van der Waals surface area contributed by atoms with Crippen molar-refractivity contribution in [3.8, 4) is 11.8 Å². The van der Waals surface area contributed by atoms with Gasteiger partial charge in [0.25, 0.3) is 0 Å². The molecule has 1 atom stereocenters. The van der Waals surface area contributed by atoms with Gasteiger partial charge < -0.3 is 14.6 Å². The standard InChI is InChI=1S/C17H17NO3/c18-10-15-8-4-5-9-17(15)21-13-16(19)12-20-11-14-6-2-1-3-7-14/h1-9,16,19H,11-13H2. The predicted octanol–water partition coefficient (Wildman–Crippen LogP) is 2.51. The third kappa shape index (κ3) is 4.92. The average molecular weight is 283 g/mol. The van der Waals surface area contributed by atoms with E-state index in [2.05, 4.69) is 0 Å². The van der Waals surface area contributed by atoms with E-state index in [9.17, 15) is 5.11 Å². The maximum atomic E-state index is 9.82. The predicted molar refractivity (Wildman–Crippen MR) is 78.8 cm³/mol. The van der Waals surface area contributed by atoms with E-state index in [0.29, 0.717) is 17.9 Å². The van der Waals surface area contributed by atoms with Crippen LogP contribution in [-0.4, -0.2) is 24.4 Å². The molecule has 0 aromatic heterocycles. The summed E-state index contributed by atoms with van der Waals surface area (Å²) in [6, 6.07) is 18.7. The van der Waals surface area contributed by atoms with Crippen LogP contribution in [-0.2, 0) is 11.3 Å². The van der Waals surface area contributed by atoms with E-state index in [4.69, 9.17) is 14.7 Å². The molecular weight excluding hydrogens is 266 g/mol. The van der Waals surface area contributed by atoms with Crippen molar-refractivity contribution in [2.24, 2.45) is 0 Å². The van der Waals surface area contributed by atoms with Crippen molar-refractivity contribution in [2.45, 2.75) is 12.7 Å². The van der Waals surface area contributed by atoms with E-state index in [0.717, 1.165) is 5.56 Å². The molecule has 0 spiro atoms. The van der Waals surface area contributed by atoms with Crippen LogP contribution in [0, 0.1) is 11.3 Å². The maximum absolute atomic E-state index is 9.82. The molecule has 0 heterocycles. The molecule has 0 aliphatic heterocycles. The maximum Gasteiger partial charge on any atom is 0.137 e. The molecule has 0 aliphatic rings. The smallest absolute Gasteiger partial charge is 0.137 e. The van der Waals surface area contributed by atoms with Gasteiger partial charge in [-0.3, -0.25) is 0 Å². The fourth-order valence-electron chi connectivity index (χ4n) is 1.81. The van der Waals surface area contributed by atoms with Gasteiger partial charge in [0.05, 0.1) is 18.8 Å². The second-order valence-corrected chi connectivity index (χ2v) is 4.57. The lowest BCUT2D eigenvalue weighted by Gasteiger charge is -2.13. The minimum absolute atomic E-state index is 0.0908. The van der Waals surface area contributed by atoms with Gasteiger partial charge in [0.2, 0.25) is 0 Å². The van der Waals surface area contributed by atoms with E-state index < -0.39 is 6.10 Å². The fourth-order valence-corrected chi connectivity index (χ4v) is 1.81. The molecule has 2 aromatic rings. The van der Waals surface area contributed by atoms with Crippen molar-refractivity contribution in [1.29, 1.82) is 5.26 Å². The second-order valence-electron chi connectivity index (χ2n) is 4.57. The number of rotatable bonds is 7. The molecule has 1 unspecified atom stereocenters. The number of hydrogen-bond donors (Lipinski definition) is 1. The number of hydrogen-bond acceptors (Lipinski definition) is 4. The Labute approximate surface area is 124 Å². The minimum atomic E-state index is -0.736. The highest BCUT2D eigenvalue weighted by molar-refractivity contribution is 5.42. The van der Waals surface area contributed by atoms with Gasteiger partial charge in [-0.15, -0.1) is 0 Å². The van der Waals surface area contributed by atoms with Crippen LogP contribution in [0.3, 0.4) is 0 Å². The molecule has 4 nitrogen and oxygen atoms in total. The van der Waals surface area contributed by atoms with Crippen LogP contribution in [0.4, 0.5) is 0 Å². The van der Waals surface area contributed by atoms with E-state index in [1.54, 1.807) is 24.3 Å². The normalized spacial score (nSPS) is 11.6. The van der Waals surface area contributed by atoms with Gasteiger partial charge in [-0.25, -0.2) is 0 Å². The summed E-state index contributed by atoms with van der Waals surface area (Å²) in [6.45, 7) is 0.726. The summed E-state index contributed by atoms with van der Waals surface area (Å²) in [7, 11) is 0. The molecular formula is C17H17NO3. The largest absolute Gasteiger partial charge is 0.489 e. The highest BCUT2D eigenvalue weighted by atomic mass is 16.5. The summed E-state index contributed by atoms with van der Waals surface area (Å²) in [6.07, 6.45) is -0.736. The zero-order valence-corrected chi connectivity index (χ0v) is 11.6. The highest BCUT2D eigenvalue weighted by Gasteiger charge is 2.08. The third-order valence-electron chi connectivity index (χ3n) is 2.86. The molecule has 0 amide bonds. The monoisotopic (exact) mass is 283 g/mol. The van der Waals surface area contributed by atoms with Gasteiger partial charge in [0, 0.05) is 0 Å². The van der Waals surface area contributed by atoms with E-state index >= 15 is 0 Å². The highest BCUT2D eigenvalue weighted by Crippen LogP contribution is 2.16. The lowest BCUT2D eigenvalue weighted by atomic mass is 10.2. The molecule has 0 saturated carbocycles. The summed E-state index contributed by atoms with van der Waals surface area (Å²) in [4.78, 5) is 0. The van der Waals surface area contributed by atoms with Crippen molar-refractivity contribution in [3.05, 3.63) is 65.7 Å². The summed E-state index contributed by atoms with van der Waals surface area (Å²) < 4.78 is 10.9. The van der Waals surface area contributed by atoms with Crippen molar-refractivity contribution >= 4 is 0 Å². The van der Waals surface area contributed by atoms with E-state index in [1.807, 2.05) is 36.4 Å². The van der Waals surface area contributed by atoms with Gasteiger partial charge >= 0.3 is 0 Å². The van der Waals surface area contributed by atoms with Crippen LogP contribution in [0.15, 0.2) is 54.6 Å². The Hall–Kier alpha value is -2.35. The zero-order valence-electron chi connectivity index (χ0n) is 11.6. The number of nitriles is 1. The summed E-state index contributed by atoms with van der Waals surface area (Å²) in [5.41, 5.74) is 1.51. The molecule has 0 radical (unpaired) electrons. The Kier molecular flexibility index (Phi) is 5.77. The summed E-state index contributed by atoms with van der Waals surface area (Å²) in [5, 5.41) is 18.8. The first kappa shape index (κ1) is 15.0. The molecule has 2 aromatic carbocycles. The third-order valence-corrected chi connectivity index (χ3v) is 2.86. The van der Waals surface area contributed by atoms with E-state index in [1.165, 1.54) is 0 Å². The van der Waals surface area contributed by atoms with Crippen molar-refractivity contribution in [3.63, 3.8) is 0 Å². The van der Waals surface area contributed by atoms with Crippen LogP contribution >= 0.6 is 0 Å². The molecule has 2 rings (SSSR count). The van der Waals surface area contributed by atoms with Gasteiger partial charge in [-0.2, -0.15) is 5.26 Å². The number of aliphatic hydroxyl groups is 1. The summed E-state index contributed by atoms with van der Waals surface area (Å²) in [5.74, 6) is 0.474. The first-order chi connectivity index (χ1) is 10.3. The molecule has 1 N–H and O–H groups in total. The average Bonchev–Trinajstić information content (AvgIpc) is 2.54. The molecule has 0 fully saturated rings. The van der Waals surface area contributed by atoms with Crippen LogP contribution in [0.5, 0.6) is 5.75 Å². The topological polar surface area (TPSA) is 62.5 Å².